The molecular formula is C21H19N5O2. The summed E-state index contributed by atoms with van der Waals surface area (Å²) in [4.78, 5) is 21.3. The van der Waals surface area contributed by atoms with E-state index in [9.17, 15) is 4.79 Å². The first kappa shape index (κ1) is 16.8. The number of pyridine rings is 2. The highest BCUT2D eigenvalue weighted by atomic mass is 16.5. The van der Waals surface area contributed by atoms with Gasteiger partial charge in [0.1, 0.15) is 11.5 Å². The number of hydrogen-bond donors (Lipinski definition) is 2. The largest absolute Gasteiger partial charge is 0.381 e. The number of aromatic amines is 1. The molecule has 0 spiro atoms. The fraction of sp³-hybridized carbons (Fsp3) is 0.238. The zero-order chi connectivity index (χ0) is 18.9. The van der Waals surface area contributed by atoms with E-state index in [1.54, 1.807) is 12.4 Å². The highest BCUT2D eigenvalue weighted by molar-refractivity contribution is 6.07. The molecule has 2 N–H and O–H groups in total. The van der Waals surface area contributed by atoms with E-state index in [2.05, 4.69) is 25.5 Å². The fourth-order valence-corrected chi connectivity index (χ4v) is 3.67. The summed E-state index contributed by atoms with van der Waals surface area (Å²) in [5.41, 5.74) is 2.10. The lowest BCUT2D eigenvalue weighted by Gasteiger charge is -2.10. The van der Waals surface area contributed by atoms with Gasteiger partial charge in [-0.05, 0) is 48.1 Å². The van der Waals surface area contributed by atoms with Crippen molar-refractivity contribution >= 4 is 39.1 Å². The average molecular weight is 373 g/mol. The number of benzene rings is 1. The second-order valence-corrected chi connectivity index (χ2v) is 7.05. The minimum absolute atomic E-state index is 0.0763. The first-order valence-electron chi connectivity index (χ1n) is 9.34. The third-order valence-electron chi connectivity index (χ3n) is 5.13. The van der Waals surface area contributed by atoms with Gasteiger partial charge in [0.15, 0.2) is 11.4 Å². The van der Waals surface area contributed by atoms with Crippen LogP contribution in [0.1, 0.15) is 23.3 Å². The number of H-pyrrole nitrogens is 1. The molecule has 7 heteroatoms. The Kier molecular flexibility index (Phi) is 4.21. The van der Waals surface area contributed by atoms with Gasteiger partial charge in [-0.25, -0.2) is 4.98 Å². The Balaban J connectivity index is 1.44. The number of fused-ring (bicyclic) bond motifs is 2. The van der Waals surface area contributed by atoms with Gasteiger partial charge in [0, 0.05) is 43.1 Å². The van der Waals surface area contributed by atoms with Gasteiger partial charge in [0.2, 0.25) is 0 Å². The first-order valence-corrected chi connectivity index (χ1v) is 9.34. The van der Waals surface area contributed by atoms with Gasteiger partial charge in [0.25, 0.3) is 0 Å². The van der Waals surface area contributed by atoms with Crippen molar-refractivity contribution in [2.45, 2.75) is 12.8 Å². The van der Waals surface area contributed by atoms with Crippen molar-refractivity contribution in [3.8, 4) is 0 Å². The molecule has 1 saturated heterocycles. The quantitative estimate of drug-likeness (QED) is 0.516. The van der Waals surface area contributed by atoms with E-state index in [1.165, 1.54) is 0 Å². The smallest absolute Gasteiger partial charge is 0.183 e. The summed E-state index contributed by atoms with van der Waals surface area (Å²) in [5.74, 6) is 1.16. The Morgan fingerprint density at radius 2 is 2.14 bits per heavy atom. The summed E-state index contributed by atoms with van der Waals surface area (Å²) in [6, 6.07) is 11.7. The highest BCUT2D eigenvalue weighted by Gasteiger charge is 2.21. The molecule has 7 nitrogen and oxygen atoms in total. The predicted molar refractivity (Wildman–Crippen MR) is 107 cm³/mol. The number of anilines is 2. The summed E-state index contributed by atoms with van der Waals surface area (Å²) < 4.78 is 5.38. The van der Waals surface area contributed by atoms with Crippen LogP contribution in [0.15, 0.2) is 48.8 Å². The molecule has 5 rings (SSSR count). The van der Waals surface area contributed by atoms with Crippen LogP contribution in [0.2, 0.25) is 0 Å². The van der Waals surface area contributed by atoms with Crippen molar-refractivity contribution in [3.63, 3.8) is 0 Å². The van der Waals surface area contributed by atoms with Gasteiger partial charge < -0.3 is 10.1 Å². The number of aromatic nitrogens is 4. The molecular weight excluding hydrogens is 354 g/mol. The van der Waals surface area contributed by atoms with Crippen LogP contribution in [0.25, 0.3) is 21.8 Å². The minimum Gasteiger partial charge on any atom is -0.381 e. The molecule has 140 valence electrons. The van der Waals surface area contributed by atoms with Crippen LogP contribution in [0.4, 0.5) is 11.5 Å². The second-order valence-electron chi connectivity index (χ2n) is 7.05. The number of Topliss-reactive ketones (excluding diaryl/α,β-unsaturated/α-hetero) is 1. The molecule has 4 aromatic rings. The Morgan fingerprint density at radius 3 is 3.04 bits per heavy atom. The summed E-state index contributed by atoms with van der Waals surface area (Å²) in [7, 11) is 0. The molecule has 0 saturated carbocycles. The maximum absolute atomic E-state index is 12.7. The summed E-state index contributed by atoms with van der Waals surface area (Å²) >= 11 is 0. The van der Waals surface area contributed by atoms with E-state index in [-0.39, 0.29) is 5.78 Å². The van der Waals surface area contributed by atoms with Gasteiger partial charge >= 0.3 is 0 Å². The molecule has 0 aliphatic carbocycles. The lowest BCUT2D eigenvalue weighted by Crippen LogP contribution is -2.10. The summed E-state index contributed by atoms with van der Waals surface area (Å²) in [6.07, 6.45) is 4.84. The third-order valence-corrected chi connectivity index (χ3v) is 5.13. The number of ether oxygens (including phenoxy) is 1. The minimum atomic E-state index is 0.0763. The van der Waals surface area contributed by atoms with Crippen LogP contribution in [-0.4, -0.2) is 39.2 Å². The number of carbonyl (C=O) groups excluding carboxylic acids is 1. The Hall–Kier alpha value is -3.32. The monoisotopic (exact) mass is 373 g/mol. The topological polar surface area (TPSA) is 92.8 Å². The molecule has 1 aliphatic rings. The normalized spacial score (nSPS) is 16.6. The van der Waals surface area contributed by atoms with E-state index in [0.717, 1.165) is 40.7 Å². The fourth-order valence-electron chi connectivity index (χ4n) is 3.67. The summed E-state index contributed by atoms with van der Waals surface area (Å²) in [5, 5.41) is 13.3. The maximum atomic E-state index is 12.7. The molecule has 1 fully saturated rings. The number of hydrogen-bond acceptors (Lipinski definition) is 6. The average Bonchev–Trinajstić information content (AvgIpc) is 3.38. The van der Waals surface area contributed by atoms with Crippen molar-refractivity contribution in [2.24, 2.45) is 5.92 Å². The molecule has 0 bridgehead atoms. The van der Waals surface area contributed by atoms with Crippen LogP contribution in [0.5, 0.6) is 0 Å². The predicted octanol–water partition coefficient (Wildman–Crippen LogP) is 3.86. The zero-order valence-electron chi connectivity index (χ0n) is 15.2. The number of ketones is 1. The third kappa shape index (κ3) is 3.10. The van der Waals surface area contributed by atoms with E-state index in [0.29, 0.717) is 30.3 Å². The molecule has 1 atom stereocenters. The number of nitrogens with one attached hydrogen (secondary N) is 2. The molecule has 1 unspecified atom stereocenters. The van der Waals surface area contributed by atoms with Gasteiger partial charge in [-0.1, -0.05) is 6.07 Å². The molecule has 0 radical (unpaired) electrons. The van der Waals surface area contributed by atoms with Gasteiger partial charge in [-0.15, -0.1) is 0 Å². The molecule has 28 heavy (non-hydrogen) atoms. The van der Waals surface area contributed by atoms with E-state index >= 15 is 0 Å². The van der Waals surface area contributed by atoms with Gasteiger partial charge in [0.05, 0.1) is 5.39 Å². The van der Waals surface area contributed by atoms with Crippen molar-refractivity contribution in [1.82, 2.24) is 20.2 Å². The van der Waals surface area contributed by atoms with Crippen molar-refractivity contribution < 1.29 is 9.53 Å². The molecule has 1 aliphatic heterocycles. The van der Waals surface area contributed by atoms with Crippen LogP contribution in [0, 0.1) is 5.92 Å². The number of rotatable bonds is 5. The second kappa shape index (κ2) is 7.01. The van der Waals surface area contributed by atoms with Crippen molar-refractivity contribution in [2.75, 3.05) is 18.5 Å². The van der Waals surface area contributed by atoms with Gasteiger partial charge in [-0.3, -0.25) is 14.9 Å². The molecule has 1 aromatic carbocycles. The van der Waals surface area contributed by atoms with Gasteiger partial charge in [-0.2, -0.15) is 5.10 Å². The standard InChI is InChI=1S/C21H19N5O2/c27-18(10-13-6-9-28-12-13)19-16-4-3-15(11-14(16)5-8-22-19)24-21-17-2-1-7-23-20(17)25-26-21/h1-5,7-8,11,13H,6,9-10,12H2,(H2,23,24,25,26). The summed E-state index contributed by atoms with van der Waals surface area (Å²) in [6.45, 7) is 1.41. The zero-order valence-corrected chi connectivity index (χ0v) is 15.2. The molecule has 0 amide bonds. The highest BCUT2D eigenvalue weighted by Crippen LogP contribution is 2.27. The van der Waals surface area contributed by atoms with E-state index < -0.39 is 0 Å². The lowest BCUT2D eigenvalue weighted by atomic mass is 9.97. The Bertz CT molecular complexity index is 1160. The Labute approximate surface area is 161 Å². The first-order chi connectivity index (χ1) is 13.8. The van der Waals surface area contributed by atoms with Crippen molar-refractivity contribution in [1.29, 1.82) is 0 Å². The number of carbonyl (C=O) groups is 1. The lowest BCUT2D eigenvalue weighted by molar-refractivity contribution is 0.0949. The molecule has 3 aromatic heterocycles. The molecule has 4 heterocycles. The maximum Gasteiger partial charge on any atom is 0.183 e. The van der Waals surface area contributed by atoms with Crippen LogP contribution in [-0.2, 0) is 4.74 Å². The van der Waals surface area contributed by atoms with Crippen LogP contribution in [0.3, 0.4) is 0 Å². The Morgan fingerprint density at radius 1 is 1.18 bits per heavy atom. The van der Waals surface area contributed by atoms with E-state index in [4.69, 9.17) is 4.74 Å². The van der Waals surface area contributed by atoms with Crippen molar-refractivity contribution in [3.05, 3.63) is 54.5 Å². The number of nitrogens with zero attached hydrogens (tertiary/aromatic N) is 3. The van der Waals surface area contributed by atoms with Crippen LogP contribution >= 0.6 is 0 Å². The SMILES string of the molecule is O=C(CC1CCOC1)c1nccc2cc(Nc3[nH]nc4ncccc34)ccc12. The van der Waals surface area contributed by atoms with E-state index in [1.807, 2.05) is 36.4 Å². The van der Waals surface area contributed by atoms with Crippen LogP contribution < -0.4 is 5.32 Å².